The summed E-state index contributed by atoms with van der Waals surface area (Å²) in [7, 11) is 0. The molecule has 4 aliphatic carbocycles. The lowest BCUT2D eigenvalue weighted by molar-refractivity contribution is -0.00514. The van der Waals surface area contributed by atoms with E-state index in [1.165, 1.54) is 94.6 Å². The number of hydrogen-bond acceptors (Lipinski definition) is 2. The molecule has 214 valence electrons. The highest BCUT2D eigenvalue weighted by Crippen LogP contribution is 2.61. The maximum absolute atomic E-state index is 2.66. The Balaban J connectivity index is 1.30. The van der Waals surface area contributed by atoms with Crippen LogP contribution >= 0.6 is 0 Å². The molecule has 0 spiro atoms. The number of anilines is 6. The van der Waals surface area contributed by atoms with Gasteiger partial charge in [0.1, 0.15) is 0 Å². The second kappa shape index (κ2) is 9.14. The zero-order valence-corrected chi connectivity index (χ0v) is 25.4. The number of benzene rings is 5. The smallest absolute Gasteiger partial charge is 0.252 e. The van der Waals surface area contributed by atoms with Crippen LogP contribution in [0.5, 0.6) is 0 Å². The molecule has 2 nitrogen and oxygen atoms in total. The fraction of sp³-hybridized carbons (Fsp3) is 0.268. The van der Waals surface area contributed by atoms with Gasteiger partial charge in [0.2, 0.25) is 0 Å². The maximum atomic E-state index is 2.66. The van der Waals surface area contributed by atoms with Gasteiger partial charge in [-0.05, 0) is 139 Å². The zero-order chi connectivity index (χ0) is 29.0. The van der Waals surface area contributed by atoms with Gasteiger partial charge < -0.3 is 9.80 Å². The van der Waals surface area contributed by atoms with Crippen LogP contribution in [0.2, 0.25) is 0 Å². The normalized spacial score (nSPS) is 25.5. The van der Waals surface area contributed by atoms with Gasteiger partial charge in [-0.3, -0.25) is 0 Å². The highest BCUT2D eigenvalue weighted by atomic mass is 15.2. The molecular weight excluding hydrogens is 531 g/mol. The zero-order valence-electron chi connectivity index (χ0n) is 25.4. The van der Waals surface area contributed by atoms with Crippen molar-refractivity contribution in [2.24, 2.45) is 17.8 Å². The fourth-order valence-corrected chi connectivity index (χ4v) is 10.5. The Hall–Kier alpha value is -4.24. The molecule has 5 aromatic carbocycles. The Bertz CT molecular complexity index is 1890. The molecule has 4 bridgehead atoms. The summed E-state index contributed by atoms with van der Waals surface area (Å²) in [6.45, 7) is 2.38. The molecule has 11 rings (SSSR count). The molecule has 44 heavy (non-hydrogen) atoms. The largest absolute Gasteiger partial charge is 0.311 e. The summed E-state index contributed by atoms with van der Waals surface area (Å²) < 4.78 is 0. The van der Waals surface area contributed by atoms with Gasteiger partial charge in [0.25, 0.3) is 6.71 Å². The van der Waals surface area contributed by atoms with Crippen LogP contribution in [0, 0.1) is 24.7 Å². The minimum Gasteiger partial charge on any atom is -0.311 e. The molecule has 5 aromatic rings. The summed E-state index contributed by atoms with van der Waals surface area (Å²) in [6.07, 6.45) is 8.49. The second-order valence-corrected chi connectivity index (χ2v) is 14.5. The maximum Gasteiger partial charge on any atom is 0.252 e. The van der Waals surface area contributed by atoms with E-state index in [0.717, 1.165) is 17.8 Å². The third kappa shape index (κ3) is 3.50. The monoisotopic (exact) mass is 568 g/mol. The summed E-state index contributed by atoms with van der Waals surface area (Å²) in [4.78, 5) is 5.17. The predicted molar refractivity (Wildman–Crippen MR) is 185 cm³/mol. The van der Waals surface area contributed by atoms with Gasteiger partial charge in [-0.15, -0.1) is 0 Å². The van der Waals surface area contributed by atoms with Gasteiger partial charge in [-0.2, -0.15) is 0 Å². The molecule has 0 N–H and O–H groups in total. The van der Waals surface area contributed by atoms with Crippen LogP contribution in [-0.2, 0) is 5.41 Å². The summed E-state index contributed by atoms with van der Waals surface area (Å²) in [5.74, 6) is 2.71. The lowest BCUT2D eigenvalue weighted by atomic mass is 9.33. The molecule has 0 aromatic heterocycles. The van der Waals surface area contributed by atoms with E-state index in [-0.39, 0.29) is 6.71 Å². The van der Waals surface area contributed by atoms with Crippen molar-refractivity contribution in [3.05, 3.63) is 126 Å². The molecular formula is C41H37BN2. The van der Waals surface area contributed by atoms with Gasteiger partial charge in [0.05, 0.1) is 0 Å². The second-order valence-electron chi connectivity index (χ2n) is 14.5. The Morgan fingerprint density at radius 1 is 0.545 bits per heavy atom. The van der Waals surface area contributed by atoms with Gasteiger partial charge in [-0.1, -0.05) is 72.3 Å². The Morgan fingerprint density at radius 3 is 1.57 bits per heavy atom. The summed E-state index contributed by atoms with van der Waals surface area (Å²) in [5.41, 5.74) is 15.3. The summed E-state index contributed by atoms with van der Waals surface area (Å²) in [6, 6.07) is 43.9. The average Bonchev–Trinajstić information content (AvgIpc) is 3.05. The summed E-state index contributed by atoms with van der Waals surface area (Å²) in [5, 5.41) is 0. The first-order valence-corrected chi connectivity index (χ1v) is 16.7. The number of para-hydroxylation sites is 3. The average molecular weight is 569 g/mol. The van der Waals surface area contributed by atoms with Crippen LogP contribution in [0.3, 0.4) is 0 Å². The molecule has 0 saturated heterocycles. The number of hydrogen-bond donors (Lipinski definition) is 0. The van der Waals surface area contributed by atoms with Crippen LogP contribution in [0.1, 0.15) is 49.7 Å². The van der Waals surface area contributed by atoms with E-state index >= 15 is 0 Å². The van der Waals surface area contributed by atoms with Crippen LogP contribution in [0.15, 0.2) is 115 Å². The van der Waals surface area contributed by atoms with Crippen molar-refractivity contribution < 1.29 is 0 Å². The van der Waals surface area contributed by atoms with Gasteiger partial charge in [-0.25, -0.2) is 0 Å². The van der Waals surface area contributed by atoms with Crippen LogP contribution in [0.4, 0.5) is 34.1 Å². The van der Waals surface area contributed by atoms with Crippen molar-refractivity contribution in [2.75, 3.05) is 9.80 Å². The van der Waals surface area contributed by atoms with E-state index < -0.39 is 0 Å². The van der Waals surface area contributed by atoms with E-state index in [4.69, 9.17) is 0 Å². The Labute approximate surface area is 261 Å². The Morgan fingerprint density at radius 2 is 1.02 bits per heavy atom. The molecule has 4 saturated carbocycles. The number of fused-ring (bicyclic) bond motifs is 4. The minimum atomic E-state index is 0.194. The van der Waals surface area contributed by atoms with E-state index in [1.54, 1.807) is 5.56 Å². The molecule has 0 amide bonds. The lowest BCUT2D eigenvalue weighted by Gasteiger charge is -2.57. The van der Waals surface area contributed by atoms with E-state index in [0.29, 0.717) is 5.41 Å². The van der Waals surface area contributed by atoms with Crippen molar-refractivity contribution in [3.63, 3.8) is 0 Å². The van der Waals surface area contributed by atoms with Crippen LogP contribution in [0.25, 0.3) is 0 Å². The predicted octanol–water partition coefficient (Wildman–Crippen LogP) is 8.55. The van der Waals surface area contributed by atoms with Crippen molar-refractivity contribution in [1.82, 2.24) is 0 Å². The third-order valence-electron chi connectivity index (χ3n) is 11.8. The topological polar surface area (TPSA) is 6.48 Å². The van der Waals surface area contributed by atoms with E-state index in [2.05, 4.69) is 132 Å². The molecule has 0 unspecified atom stereocenters. The molecule has 2 heterocycles. The first-order chi connectivity index (χ1) is 21.6. The van der Waals surface area contributed by atoms with Crippen LogP contribution < -0.4 is 26.2 Å². The van der Waals surface area contributed by atoms with Gasteiger partial charge >= 0.3 is 0 Å². The molecule has 0 radical (unpaired) electrons. The van der Waals surface area contributed by atoms with Crippen LogP contribution in [-0.4, -0.2) is 6.71 Å². The fourth-order valence-electron chi connectivity index (χ4n) is 10.5. The molecule has 2 aliphatic heterocycles. The van der Waals surface area contributed by atoms with Crippen molar-refractivity contribution in [3.8, 4) is 0 Å². The minimum absolute atomic E-state index is 0.194. The number of aryl methyl sites for hydroxylation is 1. The lowest BCUT2D eigenvalue weighted by Crippen LogP contribution is -2.61. The van der Waals surface area contributed by atoms with E-state index in [1.807, 2.05) is 0 Å². The van der Waals surface area contributed by atoms with Gasteiger partial charge in [0, 0.05) is 34.1 Å². The molecule has 3 heteroatoms. The van der Waals surface area contributed by atoms with Gasteiger partial charge in [0.15, 0.2) is 0 Å². The first kappa shape index (κ1) is 25.1. The molecule has 0 atom stereocenters. The molecule has 6 aliphatic rings. The highest BCUT2D eigenvalue weighted by molar-refractivity contribution is 7.00. The van der Waals surface area contributed by atoms with Crippen molar-refractivity contribution in [2.45, 2.75) is 50.9 Å². The SMILES string of the molecule is Cc1ccc(N2c3ccccc3B3c4ccccc4N(c4ccccc4)c4cc(C56CC7CC(CC(C7)C5)C6)cc2c43)cc1. The first-order valence-electron chi connectivity index (χ1n) is 16.7. The van der Waals surface area contributed by atoms with E-state index in [9.17, 15) is 0 Å². The standard InChI is InChI=1S/C41H37BN2/c1-27-15-17-33(18-16-27)44-37-14-8-6-12-35(37)42-34-11-5-7-13-36(34)43(32-9-3-2-4-10-32)38-22-31(23-39(44)40(38)42)41-24-28-19-29(25-41)21-30(20-28)26-41/h2-18,22-23,28-30H,19-21,24-26H2,1H3. The number of nitrogens with zero attached hydrogens (tertiary/aromatic N) is 2. The Kier molecular flexibility index (Phi) is 5.22. The quantitative estimate of drug-likeness (QED) is 0.197. The van der Waals surface area contributed by atoms with Crippen molar-refractivity contribution >= 4 is 57.2 Å². The summed E-state index contributed by atoms with van der Waals surface area (Å²) >= 11 is 0. The third-order valence-corrected chi connectivity index (χ3v) is 11.8. The number of rotatable bonds is 3. The molecule has 4 fully saturated rings. The van der Waals surface area contributed by atoms with Crippen molar-refractivity contribution in [1.29, 1.82) is 0 Å². The highest BCUT2D eigenvalue weighted by Gasteiger charge is 2.53.